The van der Waals surface area contributed by atoms with Gasteiger partial charge in [-0.1, -0.05) is 6.07 Å². The molecule has 94 valence electrons. The maximum atomic E-state index is 12.0. The van der Waals surface area contributed by atoms with Crippen LogP contribution in [0, 0.1) is 11.3 Å². The second-order valence-electron chi connectivity index (χ2n) is 3.98. The van der Waals surface area contributed by atoms with E-state index in [0.717, 1.165) is 0 Å². The lowest BCUT2D eigenvalue weighted by Crippen LogP contribution is -2.27. The van der Waals surface area contributed by atoms with Gasteiger partial charge in [-0.2, -0.15) is 5.26 Å². The molecule has 1 aromatic heterocycles. The van der Waals surface area contributed by atoms with Gasteiger partial charge in [-0.25, -0.2) is 0 Å². The number of carbonyl (C=O) groups is 1. The molecule has 2 aromatic rings. The molecular weight excluding hydrogens is 242 g/mol. The number of nitriles is 1. The number of rotatable bonds is 2. The molecule has 0 bridgehead atoms. The first-order valence-corrected chi connectivity index (χ1v) is 5.59. The van der Waals surface area contributed by atoms with Gasteiger partial charge in [0.15, 0.2) is 0 Å². The standard InChI is InChI=1S/C14H11N3O2/c1-17-7-3-6-12(14(17)19)13(18)16-11-5-2-4-10(8-11)9-15/h2-8H,1H3,(H,16,18). The highest BCUT2D eigenvalue weighted by molar-refractivity contribution is 6.04. The summed E-state index contributed by atoms with van der Waals surface area (Å²) in [5.74, 6) is -0.490. The summed E-state index contributed by atoms with van der Waals surface area (Å²) in [4.78, 5) is 23.8. The van der Waals surface area contributed by atoms with Crippen molar-refractivity contribution in [2.75, 3.05) is 5.32 Å². The summed E-state index contributed by atoms with van der Waals surface area (Å²) in [6, 6.07) is 11.6. The van der Waals surface area contributed by atoms with Crippen LogP contribution in [0.15, 0.2) is 47.4 Å². The summed E-state index contributed by atoms with van der Waals surface area (Å²) < 4.78 is 1.33. The third kappa shape index (κ3) is 2.69. The quantitative estimate of drug-likeness (QED) is 0.881. The average molecular weight is 253 g/mol. The Bertz CT molecular complexity index is 726. The highest BCUT2D eigenvalue weighted by Crippen LogP contribution is 2.10. The number of nitrogens with one attached hydrogen (secondary N) is 1. The molecule has 1 aromatic carbocycles. The van der Waals surface area contributed by atoms with Gasteiger partial charge < -0.3 is 9.88 Å². The predicted molar refractivity (Wildman–Crippen MR) is 70.8 cm³/mol. The van der Waals surface area contributed by atoms with Crippen molar-refractivity contribution in [1.82, 2.24) is 4.57 Å². The van der Waals surface area contributed by atoms with Crippen LogP contribution in [0.25, 0.3) is 0 Å². The number of benzene rings is 1. The van der Waals surface area contributed by atoms with E-state index in [0.29, 0.717) is 11.3 Å². The number of anilines is 1. The molecule has 0 aliphatic carbocycles. The fourth-order valence-corrected chi connectivity index (χ4v) is 1.64. The van der Waals surface area contributed by atoms with Crippen molar-refractivity contribution in [1.29, 1.82) is 5.26 Å². The van der Waals surface area contributed by atoms with E-state index in [9.17, 15) is 9.59 Å². The lowest BCUT2D eigenvalue weighted by Gasteiger charge is -2.06. The number of carbonyl (C=O) groups excluding carboxylic acids is 1. The second-order valence-corrected chi connectivity index (χ2v) is 3.98. The molecule has 0 aliphatic rings. The fourth-order valence-electron chi connectivity index (χ4n) is 1.64. The lowest BCUT2D eigenvalue weighted by atomic mass is 10.2. The first-order chi connectivity index (χ1) is 9.11. The SMILES string of the molecule is Cn1cccc(C(=O)Nc2cccc(C#N)c2)c1=O. The van der Waals surface area contributed by atoms with Gasteiger partial charge in [0.2, 0.25) is 0 Å². The Hall–Kier alpha value is -2.87. The van der Waals surface area contributed by atoms with Gasteiger partial charge in [0.05, 0.1) is 11.6 Å². The molecule has 2 rings (SSSR count). The van der Waals surface area contributed by atoms with Gasteiger partial charge in [-0.3, -0.25) is 9.59 Å². The molecule has 0 unspecified atom stereocenters. The number of amides is 1. The van der Waals surface area contributed by atoms with E-state index in [1.54, 1.807) is 43.6 Å². The molecule has 0 radical (unpaired) electrons. The van der Waals surface area contributed by atoms with Crippen LogP contribution in [0.2, 0.25) is 0 Å². The van der Waals surface area contributed by atoms with Crippen molar-refractivity contribution in [3.05, 3.63) is 64.1 Å². The Morgan fingerprint density at radius 3 is 2.84 bits per heavy atom. The Morgan fingerprint density at radius 1 is 1.32 bits per heavy atom. The summed E-state index contributed by atoms with van der Waals surface area (Å²) >= 11 is 0. The highest BCUT2D eigenvalue weighted by Gasteiger charge is 2.11. The molecule has 0 fully saturated rings. The van der Waals surface area contributed by atoms with E-state index in [4.69, 9.17) is 5.26 Å². The van der Waals surface area contributed by atoms with E-state index in [1.807, 2.05) is 6.07 Å². The first-order valence-electron chi connectivity index (χ1n) is 5.59. The minimum Gasteiger partial charge on any atom is -0.322 e. The minimum atomic E-state index is -0.490. The van der Waals surface area contributed by atoms with Crippen LogP contribution < -0.4 is 10.9 Å². The zero-order chi connectivity index (χ0) is 13.8. The second kappa shape index (κ2) is 5.19. The number of aromatic nitrogens is 1. The van der Waals surface area contributed by atoms with Crippen molar-refractivity contribution in [3.8, 4) is 6.07 Å². The number of nitrogens with zero attached hydrogens (tertiary/aromatic N) is 2. The van der Waals surface area contributed by atoms with Crippen molar-refractivity contribution in [2.45, 2.75) is 0 Å². The highest BCUT2D eigenvalue weighted by atomic mass is 16.2. The van der Waals surface area contributed by atoms with Gasteiger partial charge in [0, 0.05) is 18.9 Å². The Labute approximate surface area is 109 Å². The maximum absolute atomic E-state index is 12.0. The van der Waals surface area contributed by atoms with Gasteiger partial charge in [0.1, 0.15) is 5.56 Å². The normalized spacial score (nSPS) is 9.68. The molecule has 5 heteroatoms. The van der Waals surface area contributed by atoms with E-state index in [-0.39, 0.29) is 11.1 Å². The number of aryl methyl sites for hydroxylation is 1. The summed E-state index contributed by atoms with van der Waals surface area (Å²) in [5, 5.41) is 11.4. The largest absolute Gasteiger partial charge is 0.322 e. The van der Waals surface area contributed by atoms with Crippen LogP contribution in [0.3, 0.4) is 0 Å². The van der Waals surface area contributed by atoms with Crippen LogP contribution in [0.5, 0.6) is 0 Å². The van der Waals surface area contributed by atoms with Crippen molar-refractivity contribution < 1.29 is 4.79 Å². The third-order valence-corrected chi connectivity index (χ3v) is 2.62. The fraction of sp³-hybridized carbons (Fsp3) is 0.0714. The molecule has 0 saturated heterocycles. The van der Waals surface area contributed by atoms with Crippen LogP contribution in [-0.2, 0) is 7.05 Å². The van der Waals surface area contributed by atoms with Gasteiger partial charge in [-0.05, 0) is 30.3 Å². The summed E-state index contributed by atoms with van der Waals surface area (Å²) in [7, 11) is 1.58. The van der Waals surface area contributed by atoms with Crippen molar-refractivity contribution in [2.24, 2.45) is 7.05 Å². The molecule has 1 N–H and O–H groups in total. The molecule has 1 amide bonds. The van der Waals surface area contributed by atoms with Gasteiger partial charge in [-0.15, -0.1) is 0 Å². The zero-order valence-electron chi connectivity index (χ0n) is 10.3. The van der Waals surface area contributed by atoms with E-state index in [2.05, 4.69) is 5.32 Å². The van der Waals surface area contributed by atoms with E-state index < -0.39 is 5.91 Å². The topological polar surface area (TPSA) is 74.9 Å². The predicted octanol–water partition coefficient (Wildman–Crippen LogP) is 1.51. The van der Waals surface area contributed by atoms with Crippen LogP contribution in [-0.4, -0.2) is 10.5 Å². The Kier molecular flexibility index (Phi) is 3.44. The molecular formula is C14H11N3O2. The monoisotopic (exact) mass is 253 g/mol. The summed E-state index contributed by atoms with van der Waals surface area (Å²) in [6.07, 6.45) is 1.58. The third-order valence-electron chi connectivity index (χ3n) is 2.62. The van der Waals surface area contributed by atoms with Gasteiger partial charge >= 0.3 is 0 Å². The molecule has 0 spiro atoms. The molecule has 19 heavy (non-hydrogen) atoms. The smallest absolute Gasteiger partial charge is 0.263 e. The van der Waals surface area contributed by atoms with Crippen LogP contribution in [0.4, 0.5) is 5.69 Å². The van der Waals surface area contributed by atoms with Crippen LogP contribution >= 0.6 is 0 Å². The van der Waals surface area contributed by atoms with Gasteiger partial charge in [0.25, 0.3) is 11.5 Å². The number of hydrogen-bond donors (Lipinski definition) is 1. The maximum Gasteiger partial charge on any atom is 0.263 e. The number of hydrogen-bond acceptors (Lipinski definition) is 3. The molecule has 0 saturated carbocycles. The minimum absolute atomic E-state index is 0.0624. The lowest BCUT2D eigenvalue weighted by molar-refractivity contribution is 0.102. The van der Waals surface area contributed by atoms with Crippen LogP contribution in [0.1, 0.15) is 15.9 Å². The summed E-state index contributed by atoms with van der Waals surface area (Å²) in [5.41, 5.74) is 0.623. The molecule has 0 aliphatic heterocycles. The van der Waals surface area contributed by atoms with Crippen molar-refractivity contribution >= 4 is 11.6 Å². The number of pyridine rings is 1. The van der Waals surface area contributed by atoms with Crippen molar-refractivity contribution in [3.63, 3.8) is 0 Å². The zero-order valence-corrected chi connectivity index (χ0v) is 10.3. The molecule has 1 heterocycles. The average Bonchev–Trinajstić information content (AvgIpc) is 2.42. The Balaban J connectivity index is 2.29. The van der Waals surface area contributed by atoms with E-state index in [1.165, 1.54) is 10.6 Å². The summed E-state index contributed by atoms with van der Waals surface area (Å²) in [6.45, 7) is 0. The van der Waals surface area contributed by atoms with E-state index >= 15 is 0 Å². The molecule has 5 nitrogen and oxygen atoms in total. The first kappa shape index (κ1) is 12.6. The Morgan fingerprint density at radius 2 is 2.11 bits per heavy atom. The molecule has 0 atom stereocenters.